The van der Waals surface area contributed by atoms with E-state index in [2.05, 4.69) is 16.3 Å². The van der Waals surface area contributed by atoms with Gasteiger partial charge in [-0.3, -0.25) is 14.5 Å². The van der Waals surface area contributed by atoms with Crippen molar-refractivity contribution in [3.8, 4) is 0 Å². The van der Waals surface area contributed by atoms with Crippen LogP contribution in [0.15, 0.2) is 18.2 Å². The van der Waals surface area contributed by atoms with E-state index in [-0.39, 0.29) is 11.8 Å². The Hall–Kier alpha value is -1.88. The van der Waals surface area contributed by atoms with Gasteiger partial charge in [0.25, 0.3) is 0 Å². The highest BCUT2D eigenvalue weighted by Crippen LogP contribution is 2.14. The Bertz CT molecular complexity index is 537. The summed E-state index contributed by atoms with van der Waals surface area (Å²) in [5, 5.41) is 2.96. The Kier molecular flexibility index (Phi) is 5.55. The molecule has 0 unspecified atom stereocenters. The molecule has 0 bridgehead atoms. The van der Waals surface area contributed by atoms with Crippen molar-refractivity contribution in [1.82, 2.24) is 9.80 Å². The van der Waals surface area contributed by atoms with Crippen LogP contribution in [0.2, 0.25) is 0 Å². The maximum Gasteiger partial charge on any atom is 0.238 e. The quantitative estimate of drug-likeness (QED) is 0.926. The summed E-state index contributed by atoms with van der Waals surface area (Å²) in [4.78, 5) is 27.6. The number of carbonyl (C=O) groups excluding carboxylic acids is 2. The lowest BCUT2D eigenvalue weighted by Gasteiger charge is -2.20. The summed E-state index contributed by atoms with van der Waals surface area (Å²) in [6.07, 6.45) is 0.913. The molecule has 1 heterocycles. The van der Waals surface area contributed by atoms with Crippen molar-refractivity contribution in [2.24, 2.45) is 0 Å². The summed E-state index contributed by atoms with van der Waals surface area (Å²) in [7, 11) is 0. The molecule has 0 aromatic heterocycles. The maximum absolute atomic E-state index is 12.2. The van der Waals surface area contributed by atoms with Crippen LogP contribution in [0.3, 0.4) is 0 Å². The number of anilines is 1. The summed E-state index contributed by atoms with van der Waals surface area (Å²) >= 11 is 0. The maximum atomic E-state index is 12.2. The van der Waals surface area contributed by atoms with Crippen molar-refractivity contribution in [2.75, 3.05) is 38.0 Å². The van der Waals surface area contributed by atoms with Gasteiger partial charge in [-0.15, -0.1) is 0 Å². The van der Waals surface area contributed by atoms with E-state index < -0.39 is 0 Å². The van der Waals surface area contributed by atoms with Crippen LogP contribution < -0.4 is 5.32 Å². The zero-order valence-electron chi connectivity index (χ0n) is 13.7. The van der Waals surface area contributed by atoms with Crippen LogP contribution in [0, 0.1) is 13.8 Å². The minimum absolute atomic E-state index is 0.00118. The molecule has 2 rings (SSSR count). The second-order valence-electron chi connectivity index (χ2n) is 6.06. The molecule has 1 N–H and O–H groups in total. The number of hydrogen-bond donors (Lipinski definition) is 1. The molecule has 120 valence electrons. The van der Waals surface area contributed by atoms with E-state index in [1.54, 1.807) is 6.92 Å². The molecule has 22 heavy (non-hydrogen) atoms. The van der Waals surface area contributed by atoms with E-state index in [1.165, 1.54) is 0 Å². The Labute approximate surface area is 132 Å². The van der Waals surface area contributed by atoms with Crippen molar-refractivity contribution in [3.05, 3.63) is 29.3 Å². The zero-order chi connectivity index (χ0) is 16.1. The van der Waals surface area contributed by atoms with E-state index in [4.69, 9.17) is 0 Å². The highest BCUT2D eigenvalue weighted by molar-refractivity contribution is 5.92. The minimum Gasteiger partial charge on any atom is -0.342 e. The second-order valence-corrected chi connectivity index (χ2v) is 6.06. The number of benzene rings is 1. The van der Waals surface area contributed by atoms with E-state index >= 15 is 0 Å². The normalized spacial score (nSPS) is 16.2. The summed E-state index contributed by atoms with van der Waals surface area (Å²) < 4.78 is 0. The SMILES string of the molecule is CC(=O)N1CCCN(CC(=O)Nc2cc(C)cc(C)c2)CC1. The Morgan fingerprint density at radius 2 is 1.73 bits per heavy atom. The molecular weight excluding hydrogens is 278 g/mol. The molecule has 5 heteroatoms. The molecule has 1 aromatic rings. The number of nitrogens with zero attached hydrogens (tertiary/aromatic N) is 2. The predicted molar refractivity (Wildman–Crippen MR) is 87.9 cm³/mol. The molecule has 1 saturated heterocycles. The Balaban J connectivity index is 1.87. The topological polar surface area (TPSA) is 52.7 Å². The Morgan fingerprint density at radius 3 is 2.36 bits per heavy atom. The van der Waals surface area contributed by atoms with Crippen LogP contribution >= 0.6 is 0 Å². The standard InChI is InChI=1S/C17H25N3O2/c1-13-9-14(2)11-16(10-13)18-17(22)12-19-5-4-6-20(8-7-19)15(3)21/h9-11H,4-8,12H2,1-3H3,(H,18,22). The van der Waals surface area contributed by atoms with Gasteiger partial charge in [-0.25, -0.2) is 0 Å². The fourth-order valence-electron chi connectivity index (χ4n) is 2.89. The highest BCUT2D eigenvalue weighted by atomic mass is 16.2. The number of hydrogen-bond acceptors (Lipinski definition) is 3. The average molecular weight is 303 g/mol. The smallest absolute Gasteiger partial charge is 0.238 e. The third kappa shape index (κ3) is 4.84. The van der Waals surface area contributed by atoms with Gasteiger partial charge >= 0.3 is 0 Å². The van der Waals surface area contributed by atoms with Gasteiger partial charge in [-0.05, 0) is 43.5 Å². The molecule has 5 nitrogen and oxygen atoms in total. The largest absolute Gasteiger partial charge is 0.342 e. The van der Waals surface area contributed by atoms with Gasteiger partial charge in [0.15, 0.2) is 0 Å². The van der Waals surface area contributed by atoms with E-state index in [0.717, 1.165) is 42.9 Å². The molecule has 0 radical (unpaired) electrons. The Morgan fingerprint density at radius 1 is 1.05 bits per heavy atom. The number of carbonyl (C=O) groups is 2. The first-order valence-electron chi connectivity index (χ1n) is 7.80. The summed E-state index contributed by atoms with van der Waals surface area (Å²) in [6, 6.07) is 6.04. The molecule has 2 amide bonds. The minimum atomic E-state index is 0.00118. The van der Waals surface area contributed by atoms with Gasteiger partial charge in [-0.1, -0.05) is 6.07 Å². The van der Waals surface area contributed by atoms with E-state index in [0.29, 0.717) is 13.1 Å². The van der Waals surface area contributed by atoms with Gasteiger partial charge < -0.3 is 10.2 Å². The van der Waals surface area contributed by atoms with Crippen LogP contribution in [0.4, 0.5) is 5.69 Å². The third-order valence-electron chi connectivity index (χ3n) is 3.91. The van der Waals surface area contributed by atoms with Gasteiger partial charge in [0, 0.05) is 38.8 Å². The summed E-state index contributed by atoms with van der Waals surface area (Å²) in [5.41, 5.74) is 3.13. The van der Waals surface area contributed by atoms with Gasteiger partial charge in [0.05, 0.1) is 6.54 Å². The number of rotatable bonds is 3. The van der Waals surface area contributed by atoms with E-state index in [9.17, 15) is 9.59 Å². The molecular formula is C17H25N3O2. The summed E-state index contributed by atoms with van der Waals surface area (Å²) in [5.74, 6) is 0.114. The monoisotopic (exact) mass is 303 g/mol. The molecule has 1 fully saturated rings. The number of aryl methyl sites for hydroxylation is 2. The molecule has 0 aliphatic carbocycles. The third-order valence-corrected chi connectivity index (χ3v) is 3.91. The van der Waals surface area contributed by atoms with Gasteiger partial charge in [-0.2, -0.15) is 0 Å². The first-order chi connectivity index (χ1) is 10.4. The van der Waals surface area contributed by atoms with Crippen LogP contribution in [0.1, 0.15) is 24.5 Å². The second kappa shape index (κ2) is 7.40. The lowest BCUT2D eigenvalue weighted by Crippen LogP contribution is -2.37. The van der Waals surface area contributed by atoms with Crippen LogP contribution in [0.5, 0.6) is 0 Å². The zero-order valence-corrected chi connectivity index (χ0v) is 13.7. The van der Waals surface area contributed by atoms with Crippen molar-refractivity contribution in [1.29, 1.82) is 0 Å². The van der Waals surface area contributed by atoms with Crippen molar-refractivity contribution in [3.63, 3.8) is 0 Å². The fourth-order valence-corrected chi connectivity index (χ4v) is 2.89. The lowest BCUT2D eigenvalue weighted by atomic mass is 10.1. The molecule has 0 spiro atoms. The van der Waals surface area contributed by atoms with Crippen LogP contribution in [0.25, 0.3) is 0 Å². The van der Waals surface area contributed by atoms with Crippen molar-refractivity contribution in [2.45, 2.75) is 27.2 Å². The van der Waals surface area contributed by atoms with E-state index in [1.807, 2.05) is 30.9 Å². The van der Waals surface area contributed by atoms with Crippen molar-refractivity contribution < 1.29 is 9.59 Å². The number of amides is 2. The first kappa shape index (κ1) is 16.5. The van der Waals surface area contributed by atoms with Crippen molar-refractivity contribution >= 4 is 17.5 Å². The average Bonchev–Trinajstić information content (AvgIpc) is 2.62. The van der Waals surface area contributed by atoms with Gasteiger partial charge in [0.2, 0.25) is 11.8 Å². The molecule has 1 aromatic carbocycles. The highest BCUT2D eigenvalue weighted by Gasteiger charge is 2.18. The lowest BCUT2D eigenvalue weighted by molar-refractivity contribution is -0.128. The summed E-state index contributed by atoms with van der Waals surface area (Å²) in [6.45, 7) is 9.10. The molecule has 0 atom stereocenters. The van der Waals surface area contributed by atoms with Crippen LogP contribution in [-0.2, 0) is 9.59 Å². The molecule has 1 aliphatic rings. The molecule has 0 saturated carbocycles. The first-order valence-corrected chi connectivity index (χ1v) is 7.80. The predicted octanol–water partition coefficient (Wildman–Crippen LogP) is 1.80. The molecule has 1 aliphatic heterocycles. The van der Waals surface area contributed by atoms with Crippen LogP contribution in [-0.4, -0.2) is 54.3 Å². The van der Waals surface area contributed by atoms with Gasteiger partial charge in [0.1, 0.15) is 0 Å². The fraction of sp³-hybridized carbons (Fsp3) is 0.529. The number of nitrogens with one attached hydrogen (secondary N) is 1.